The van der Waals surface area contributed by atoms with E-state index in [1.807, 2.05) is 0 Å². The molecule has 14 aromatic rings. The van der Waals surface area contributed by atoms with E-state index in [4.69, 9.17) is 0 Å². The second-order valence-corrected chi connectivity index (χ2v) is 16.9. The molecular formula is C60H38N4. The van der Waals surface area contributed by atoms with Gasteiger partial charge in [-0.05, 0) is 114 Å². The molecule has 0 saturated carbocycles. The molecule has 0 spiro atoms. The molecule has 0 aliphatic carbocycles. The van der Waals surface area contributed by atoms with Crippen molar-refractivity contribution in [3.05, 3.63) is 231 Å². The van der Waals surface area contributed by atoms with Gasteiger partial charge in [0.05, 0.1) is 44.1 Å². The summed E-state index contributed by atoms with van der Waals surface area (Å²) in [5.74, 6) is 0. The van der Waals surface area contributed by atoms with E-state index >= 15 is 0 Å². The molecule has 4 nitrogen and oxygen atoms in total. The first-order valence-corrected chi connectivity index (χ1v) is 22.0. The van der Waals surface area contributed by atoms with Gasteiger partial charge in [-0.15, -0.1) is 0 Å². The van der Waals surface area contributed by atoms with E-state index in [9.17, 15) is 0 Å². The summed E-state index contributed by atoms with van der Waals surface area (Å²) in [6.45, 7) is 0. The van der Waals surface area contributed by atoms with E-state index < -0.39 is 0 Å². The van der Waals surface area contributed by atoms with Gasteiger partial charge < -0.3 is 18.3 Å². The molecule has 0 aliphatic heterocycles. The van der Waals surface area contributed by atoms with Crippen molar-refractivity contribution in [1.82, 2.24) is 18.3 Å². The highest BCUT2D eigenvalue weighted by molar-refractivity contribution is 6.15. The predicted octanol–water partition coefficient (Wildman–Crippen LogP) is 15.7. The Kier molecular flexibility index (Phi) is 7.36. The summed E-state index contributed by atoms with van der Waals surface area (Å²) in [5.41, 5.74) is 16.5. The van der Waals surface area contributed by atoms with Crippen molar-refractivity contribution in [3.63, 3.8) is 0 Å². The van der Waals surface area contributed by atoms with Crippen LogP contribution in [0, 0.1) is 0 Å². The minimum atomic E-state index is 1.14. The van der Waals surface area contributed by atoms with E-state index in [0.29, 0.717) is 0 Å². The van der Waals surface area contributed by atoms with Crippen LogP contribution in [0.3, 0.4) is 0 Å². The molecule has 4 aromatic heterocycles. The summed E-state index contributed by atoms with van der Waals surface area (Å²) in [6.07, 6.45) is 0. The van der Waals surface area contributed by atoms with E-state index in [-0.39, 0.29) is 0 Å². The van der Waals surface area contributed by atoms with Gasteiger partial charge in [0.25, 0.3) is 0 Å². The maximum absolute atomic E-state index is 2.43. The number of hydrogen-bond acceptors (Lipinski definition) is 0. The van der Waals surface area contributed by atoms with Gasteiger partial charge in [-0.25, -0.2) is 0 Å². The first-order valence-electron chi connectivity index (χ1n) is 22.0. The second-order valence-electron chi connectivity index (χ2n) is 16.9. The number of fused-ring (bicyclic) bond motifs is 12. The third-order valence-electron chi connectivity index (χ3n) is 13.5. The van der Waals surface area contributed by atoms with Crippen LogP contribution in [-0.2, 0) is 0 Å². The molecule has 0 atom stereocenters. The van der Waals surface area contributed by atoms with E-state index in [1.54, 1.807) is 0 Å². The standard InChI is InChI=1S/C60H38N4/c1-3-15-41(16-4-1)61-58-33-28-40(36-51(58)52-37-43(30-34-59(52)61)63-53-23-11-7-19-45(53)46-20-8-12-24-54(46)63)39-27-32-57-50(35-39)49-31-29-44(38-60(49)62(57)42-17-5-2-6-18-42)64-55-25-13-9-21-47(55)48-22-10-14-26-56(48)64/h1-38H. The number of aromatic nitrogens is 4. The van der Waals surface area contributed by atoms with E-state index in [1.165, 1.54) is 98.4 Å². The van der Waals surface area contributed by atoms with Crippen LogP contribution in [0.4, 0.5) is 0 Å². The Morgan fingerprint density at radius 1 is 0.172 bits per heavy atom. The van der Waals surface area contributed by atoms with Gasteiger partial charge in [-0.3, -0.25) is 0 Å². The van der Waals surface area contributed by atoms with Crippen molar-refractivity contribution in [2.45, 2.75) is 0 Å². The highest BCUT2D eigenvalue weighted by atomic mass is 15.0. The van der Waals surface area contributed by atoms with Crippen molar-refractivity contribution in [2.24, 2.45) is 0 Å². The van der Waals surface area contributed by atoms with Crippen LogP contribution in [0.1, 0.15) is 0 Å². The molecule has 0 N–H and O–H groups in total. The predicted molar refractivity (Wildman–Crippen MR) is 269 cm³/mol. The van der Waals surface area contributed by atoms with Gasteiger partial charge in [0, 0.05) is 65.8 Å². The van der Waals surface area contributed by atoms with Crippen molar-refractivity contribution < 1.29 is 0 Å². The minimum Gasteiger partial charge on any atom is -0.309 e. The topological polar surface area (TPSA) is 19.7 Å². The van der Waals surface area contributed by atoms with Crippen LogP contribution in [0.2, 0.25) is 0 Å². The Hall–Kier alpha value is -8.60. The van der Waals surface area contributed by atoms with Crippen LogP contribution in [0.25, 0.3) is 121 Å². The fourth-order valence-electron chi connectivity index (χ4n) is 10.8. The summed E-state index contributed by atoms with van der Waals surface area (Å²) in [4.78, 5) is 0. The zero-order valence-corrected chi connectivity index (χ0v) is 34.7. The first-order chi connectivity index (χ1) is 31.8. The van der Waals surface area contributed by atoms with E-state index in [2.05, 4.69) is 249 Å². The van der Waals surface area contributed by atoms with Crippen LogP contribution in [0.5, 0.6) is 0 Å². The Morgan fingerprint density at radius 2 is 0.484 bits per heavy atom. The summed E-state index contributed by atoms with van der Waals surface area (Å²) in [7, 11) is 0. The van der Waals surface area contributed by atoms with Gasteiger partial charge in [0.2, 0.25) is 0 Å². The molecular weight excluding hydrogens is 777 g/mol. The summed E-state index contributed by atoms with van der Waals surface area (Å²) >= 11 is 0. The fourth-order valence-corrected chi connectivity index (χ4v) is 10.8. The number of benzene rings is 10. The monoisotopic (exact) mass is 814 g/mol. The molecule has 4 heteroatoms. The molecule has 0 fully saturated rings. The lowest BCUT2D eigenvalue weighted by Gasteiger charge is -2.11. The molecule has 10 aromatic carbocycles. The lowest BCUT2D eigenvalue weighted by molar-refractivity contribution is 1.15. The Balaban J connectivity index is 0.986. The summed E-state index contributed by atoms with van der Waals surface area (Å²) < 4.78 is 9.67. The number of para-hydroxylation sites is 6. The lowest BCUT2D eigenvalue weighted by atomic mass is 10.0. The van der Waals surface area contributed by atoms with Gasteiger partial charge in [-0.1, -0.05) is 127 Å². The van der Waals surface area contributed by atoms with Gasteiger partial charge in [0.15, 0.2) is 0 Å². The van der Waals surface area contributed by atoms with Gasteiger partial charge in [0.1, 0.15) is 0 Å². The average Bonchev–Trinajstić information content (AvgIpc) is 4.08. The third kappa shape index (κ3) is 4.99. The Labute approximate surface area is 368 Å². The van der Waals surface area contributed by atoms with Crippen LogP contribution in [-0.4, -0.2) is 18.3 Å². The Morgan fingerprint density at radius 3 is 0.969 bits per heavy atom. The maximum Gasteiger partial charge on any atom is 0.0561 e. The SMILES string of the molecule is c1ccc(-n2c3ccc(-c4ccc5c(c4)c4ccc(-n6c7ccccc7c7ccccc76)cc4n5-c4ccccc4)cc3c3cc(-n4c5ccccc5c5ccccc54)ccc32)cc1. The second kappa shape index (κ2) is 13.4. The zero-order chi connectivity index (χ0) is 41.9. The van der Waals surface area contributed by atoms with Crippen LogP contribution >= 0.6 is 0 Å². The Bertz CT molecular complexity index is 4070. The zero-order valence-electron chi connectivity index (χ0n) is 34.7. The highest BCUT2D eigenvalue weighted by Gasteiger charge is 2.20. The third-order valence-corrected chi connectivity index (χ3v) is 13.5. The minimum absolute atomic E-state index is 1.14. The molecule has 0 saturated heterocycles. The molecule has 14 rings (SSSR count). The maximum atomic E-state index is 2.43. The van der Waals surface area contributed by atoms with Gasteiger partial charge in [-0.2, -0.15) is 0 Å². The molecule has 0 amide bonds. The molecule has 298 valence electrons. The van der Waals surface area contributed by atoms with Crippen molar-refractivity contribution >= 4 is 87.2 Å². The number of hydrogen-bond donors (Lipinski definition) is 0. The largest absolute Gasteiger partial charge is 0.309 e. The normalized spacial score (nSPS) is 12.1. The average molecular weight is 815 g/mol. The van der Waals surface area contributed by atoms with Crippen LogP contribution in [0.15, 0.2) is 231 Å². The van der Waals surface area contributed by atoms with Gasteiger partial charge >= 0.3 is 0 Å². The molecule has 4 heterocycles. The van der Waals surface area contributed by atoms with Crippen molar-refractivity contribution in [2.75, 3.05) is 0 Å². The lowest BCUT2D eigenvalue weighted by Crippen LogP contribution is -1.96. The number of rotatable bonds is 5. The molecule has 0 radical (unpaired) electrons. The molecule has 0 aliphatic rings. The molecule has 0 bridgehead atoms. The summed E-state index contributed by atoms with van der Waals surface area (Å²) in [6, 6.07) is 84.5. The summed E-state index contributed by atoms with van der Waals surface area (Å²) in [5, 5.41) is 9.95. The first kappa shape index (κ1) is 35.0. The number of nitrogens with zero attached hydrogens (tertiary/aromatic N) is 4. The smallest absolute Gasteiger partial charge is 0.0561 e. The fraction of sp³-hybridized carbons (Fsp3) is 0. The highest BCUT2D eigenvalue weighted by Crippen LogP contribution is 2.41. The van der Waals surface area contributed by atoms with Crippen molar-refractivity contribution in [1.29, 1.82) is 0 Å². The van der Waals surface area contributed by atoms with Crippen LogP contribution < -0.4 is 0 Å². The van der Waals surface area contributed by atoms with Crippen molar-refractivity contribution in [3.8, 4) is 33.9 Å². The quantitative estimate of drug-likeness (QED) is 0.165. The molecule has 64 heavy (non-hydrogen) atoms. The van der Waals surface area contributed by atoms with E-state index in [0.717, 1.165) is 22.7 Å². The molecule has 0 unspecified atom stereocenters.